The van der Waals surface area contributed by atoms with Crippen LogP contribution in [0.25, 0.3) is 0 Å². The Morgan fingerprint density at radius 3 is 2.59 bits per heavy atom. The maximum absolute atomic E-state index is 12.4. The summed E-state index contributed by atoms with van der Waals surface area (Å²) < 4.78 is 0. The van der Waals surface area contributed by atoms with Crippen molar-refractivity contribution in [2.45, 2.75) is 36.5 Å². The topological polar surface area (TPSA) is 73.2 Å². The van der Waals surface area contributed by atoms with Gasteiger partial charge in [-0.15, -0.1) is 11.8 Å². The highest BCUT2D eigenvalue weighted by Crippen LogP contribution is 2.36. The smallest absolute Gasteiger partial charge is 0.232 e. The Kier molecular flexibility index (Phi) is 6.86. The number of carbonyl (C=O) groups excluding carboxylic acids is 2. The molecule has 0 radical (unpaired) electrons. The minimum atomic E-state index is -0.257. The van der Waals surface area contributed by atoms with E-state index in [1.807, 2.05) is 35.4 Å². The van der Waals surface area contributed by atoms with Gasteiger partial charge < -0.3 is 10.2 Å². The minimum Gasteiger partial charge on any atom is -0.342 e. The van der Waals surface area contributed by atoms with Gasteiger partial charge in [0.2, 0.25) is 11.8 Å². The van der Waals surface area contributed by atoms with E-state index >= 15 is 0 Å². The van der Waals surface area contributed by atoms with Crippen molar-refractivity contribution in [2.75, 3.05) is 25.1 Å². The second-order valence-electron chi connectivity index (χ2n) is 6.66. The number of amides is 2. The quantitative estimate of drug-likeness (QED) is 0.765. The molecule has 0 spiro atoms. The molecule has 5 nitrogen and oxygen atoms in total. The molecule has 0 unspecified atom stereocenters. The van der Waals surface area contributed by atoms with Crippen LogP contribution in [0.5, 0.6) is 0 Å². The van der Waals surface area contributed by atoms with E-state index in [4.69, 9.17) is 0 Å². The highest BCUT2D eigenvalue weighted by Gasteiger charge is 2.30. The summed E-state index contributed by atoms with van der Waals surface area (Å²) in [6.07, 6.45) is 5.54. The summed E-state index contributed by atoms with van der Waals surface area (Å²) in [5, 5.41) is 13.1. The van der Waals surface area contributed by atoms with Gasteiger partial charge in [0.25, 0.3) is 0 Å². The molecule has 1 aromatic rings. The fraction of sp³-hybridized carbons (Fsp3) is 0.450. The maximum atomic E-state index is 12.4. The third-order valence-corrected chi connectivity index (χ3v) is 6.67. The number of benzene rings is 1. The molecule has 0 bridgehead atoms. The average molecular weight is 402 g/mol. The van der Waals surface area contributed by atoms with Gasteiger partial charge in [-0.05, 0) is 43.2 Å². The summed E-state index contributed by atoms with van der Waals surface area (Å²) in [5.74, 6) is -0.0443. The summed E-state index contributed by atoms with van der Waals surface area (Å²) in [6, 6.07) is 10.2. The van der Waals surface area contributed by atoms with Crippen LogP contribution >= 0.6 is 23.5 Å². The molecule has 1 N–H and O–H groups in total. The number of allylic oxidation sites excluding steroid dienone is 1. The maximum Gasteiger partial charge on any atom is 0.232 e. The van der Waals surface area contributed by atoms with Gasteiger partial charge in [0.05, 0.1) is 22.4 Å². The number of thioether (sulfide) groups is 2. The number of nitrogens with one attached hydrogen (secondary N) is 1. The Morgan fingerprint density at radius 2 is 1.96 bits per heavy atom. The number of hydrogen-bond acceptors (Lipinski definition) is 5. The highest BCUT2D eigenvalue weighted by molar-refractivity contribution is 8.03. The number of rotatable bonds is 5. The van der Waals surface area contributed by atoms with Crippen LogP contribution in [-0.2, 0) is 9.59 Å². The van der Waals surface area contributed by atoms with Crippen molar-refractivity contribution >= 4 is 35.3 Å². The molecule has 142 valence electrons. The number of nitriles is 1. The van der Waals surface area contributed by atoms with Crippen LogP contribution < -0.4 is 5.32 Å². The van der Waals surface area contributed by atoms with E-state index in [1.54, 1.807) is 11.8 Å². The molecule has 27 heavy (non-hydrogen) atoms. The van der Waals surface area contributed by atoms with Crippen LogP contribution in [-0.4, -0.2) is 41.8 Å². The van der Waals surface area contributed by atoms with E-state index in [0.29, 0.717) is 10.6 Å². The molecule has 0 saturated carbocycles. The second-order valence-corrected chi connectivity index (χ2v) is 8.53. The van der Waals surface area contributed by atoms with Crippen molar-refractivity contribution in [1.29, 1.82) is 5.26 Å². The van der Waals surface area contributed by atoms with E-state index in [1.165, 1.54) is 18.2 Å². The van der Waals surface area contributed by atoms with Crippen LogP contribution in [0.1, 0.15) is 37.2 Å². The zero-order valence-electron chi connectivity index (χ0n) is 15.4. The zero-order valence-corrected chi connectivity index (χ0v) is 17.0. The molecule has 2 aliphatic heterocycles. The van der Waals surface area contributed by atoms with Crippen molar-refractivity contribution in [1.82, 2.24) is 10.2 Å². The van der Waals surface area contributed by atoms with Crippen molar-refractivity contribution in [2.24, 2.45) is 0 Å². The molecule has 0 aromatic heterocycles. The Bertz CT molecular complexity index is 777. The second kappa shape index (κ2) is 9.34. The van der Waals surface area contributed by atoms with Gasteiger partial charge in [-0.1, -0.05) is 23.9 Å². The number of nitrogens with zero attached hydrogens (tertiary/aromatic N) is 2. The van der Waals surface area contributed by atoms with E-state index in [-0.39, 0.29) is 29.9 Å². The Hall–Kier alpha value is -1.91. The number of carbonyl (C=O) groups is 2. The Morgan fingerprint density at radius 1 is 1.26 bits per heavy atom. The molecule has 1 fully saturated rings. The van der Waals surface area contributed by atoms with Gasteiger partial charge in [0, 0.05) is 30.3 Å². The fourth-order valence-corrected chi connectivity index (χ4v) is 4.81. The normalized spacial score (nSPS) is 20.2. The van der Waals surface area contributed by atoms with Crippen LogP contribution in [0.4, 0.5) is 0 Å². The molecule has 1 aromatic carbocycles. The molecule has 2 amide bonds. The van der Waals surface area contributed by atoms with Gasteiger partial charge in [0.15, 0.2) is 0 Å². The first-order chi connectivity index (χ1) is 13.1. The lowest BCUT2D eigenvalue weighted by atomic mass is 9.87. The van der Waals surface area contributed by atoms with E-state index in [9.17, 15) is 14.9 Å². The predicted molar refractivity (Wildman–Crippen MR) is 109 cm³/mol. The summed E-state index contributed by atoms with van der Waals surface area (Å²) in [7, 11) is 0. The number of hydrogen-bond donors (Lipinski definition) is 1. The standard InChI is InChI=1S/C20H23N3O2S2/c1-26-15-7-5-14(6-8-15)16-11-18(24)22-20(17(16)12-21)27-13-19(25)23-9-3-2-4-10-23/h5-8,16H,2-4,9-11,13H2,1H3,(H,22,24)/t16-/m1/s1. The Balaban J connectivity index is 1.76. The lowest BCUT2D eigenvalue weighted by molar-refractivity contribution is -0.129. The first-order valence-electron chi connectivity index (χ1n) is 9.11. The fourth-order valence-electron chi connectivity index (χ4n) is 3.42. The van der Waals surface area contributed by atoms with Gasteiger partial charge in [-0.2, -0.15) is 5.26 Å². The average Bonchev–Trinajstić information content (AvgIpc) is 2.72. The van der Waals surface area contributed by atoms with E-state index in [2.05, 4.69) is 11.4 Å². The van der Waals surface area contributed by atoms with Crippen molar-refractivity contribution in [3.63, 3.8) is 0 Å². The molecular formula is C20H23N3O2S2. The lowest BCUT2D eigenvalue weighted by Gasteiger charge is -2.28. The van der Waals surface area contributed by atoms with Crippen molar-refractivity contribution < 1.29 is 9.59 Å². The van der Waals surface area contributed by atoms with Crippen LogP contribution in [0.2, 0.25) is 0 Å². The molecule has 7 heteroatoms. The van der Waals surface area contributed by atoms with Crippen molar-refractivity contribution in [3.05, 3.63) is 40.4 Å². The monoisotopic (exact) mass is 401 g/mol. The largest absolute Gasteiger partial charge is 0.342 e. The molecule has 2 heterocycles. The number of likely N-dealkylation sites (tertiary alicyclic amines) is 1. The van der Waals surface area contributed by atoms with Crippen LogP contribution in [0.3, 0.4) is 0 Å². The summed E-state index contributed by atoms with van der Waals surface area (Å²) in [6.45, 7) is 1.61. The van der Waals surface area contributed by atoms with E-state index < -0.39 is 0 Å². The Labute approximate surface area is 168 Å². The zero-order chi connectivity index (χ0) is 19.2. The number of piperidine rings is 1. The lowest BCUT2D eigenvalue weighted by Crippen LogP contribution is -2.37. The molecular weight excluding hydrogens is 378 g/mol. The third kappa shape index (κ3) is 4.88. The summed E-state index contributed by atoms with van der Waals surface area (Å²) in [5.41, 5.74) is 1.50. The molecule has 2 aliphatic rings. The van der Waals surface area contributed by atoms with Gasteiger partial charge in [0.1, 0.15) is 0 Å². The summed E-state index contributed by atoms with van der Waals surface area (Å²) >= 11 is 2.93. The first-order valence-corrected chi connectivity index (χ1v) is 11.3. The third-order valence-electron chi connectivity index (χ3n) is 4.92. The van der Waals surface area contributed by atoms with E-state index in [0.717, 1.165) is 36.4 Å². The molecule has 3 rings (SSSR count). The predicted octanol–water partition coefficient (Wildman–Crippen LogP) is 3.49. The molecule has 0 aliphatic carbocycles. The summed E-state index contributed by atoms with van der Waals surface area (Å²) in [4.78, 5) is 27.7. The van der Waals surface area contributed by atoms with Crippen LogP contribution in [0, 0.1) is 11.3 Å². The minimum absolute atomic E-state index is 0.0742. The van der Waals surface area contributed by atoms with Crippen LogP contribution in [0.15, 0.2) is 39.8 Å². The first kappa shape index (κ1) is 19.8. The van der Waals surface area contributed by atoms with Gasteiger partial charge in [-0.3, -0.25) is 9.59 Å². The van der Waals surface area contributed by atoms with Gasteiger partial charge in [-0.25, -0.2) is 0 Å². The highest BCUT2D eigenvalue weighted by atomic mass is 32.2. The SMILES string of the molecule is CSc1ccc([C@H]2CC(=O)NC(SCC(=O)N3CCCCC3)=C2C#N)cc1. The molecule has 1 atom stereocenters. The molecule has 1 saturated heterocycles. The van der Waals surface area contributed by atoms with Crippen molar-refractivity contribution in [3.8, 4) is 6.07 Å². The van der Waals surface area contributed by atoms with Gasteiger partial charge >= 0.3 is 0 Å².